The second kappa shape index (κ2) is 12.1. The number of fused-ring (bicyclic) bond motifs is 1. The van der Waals surface area contributed by atoms with Crippen molar-refractivity contribution in [3.8, 4) is 5.75 Å². The van der Waals surface area contributed by atoms with E-state index in [2.05, 4.69) is 68.7 Å². The number of hydrogen-bond donors (Lipinski definition) is 0. The molecule has 1 atom stereocenters. The average molecular weight is 542 g/mol. The van der Waals surface area contributed by atoms with E-state index in [0.29, 0.717) is 12.3 Å². The number of ether oxygens (including phenoxy) is 2. The maximum atomic E-state index is 13.1. The first-order valence-corrected chi connectivity index (χ1v) is 13.5. The van der Waals surface area contributed by atoms with Gasteiger partial charge in [-0.05, 0) is 80.5 Å². The number of likely N-dealkylation sites (tertiary alicyclic amines) is 1. The third-order valence-corrected chi connectivity index (χ3v) is 7.76. The summed E-state index contributed by atoms with van der Waals surface area (Å²) in [4.78, 5) is 15.2. The summed E-state index contributed by atoms with van der Waals surface area (Å²) < 4.78 is 14.4. The van der Waals surface area contributed by atoms with Crippen molar-refractivity contribution in [2.24, 2.45) is 0 Å². The number of rotatable bonds is 10. The number of aromatic nitrogens is 1. The minimum atomic E-state index is 0.285. The highest BCUT2D eigenvalue weighted by Gasteiger charge is 2.29. The molecule has 1 saturated heterocycles. The van der Waals surface area contributed by atoms with Gasteiger partial charge in [-0.1, -0.05) is 28.1 Å². The Kier molecular flexibility index (Phi) is 8.90. The number of carbonyl (C=O) groups excluding carboxylic acids is 1. The van der Waals surface area contributed by atoms with Gasteiger partial charge in [0.15, 0.2) is 0 Å². The van der Waals surface area contributed by atoms with Crippen LogP contribution in [0.3, 0.4) is 0 Å². The fourth-order valence-electron chi connectivity index (χ4n) is 5.46. The third kappa shape index (κ3) is 6.10. The molecule has 0 bridgehead atoms. The number of carbonyl (C=O) groups is 1. The van der Waals surface area contributed by atoms with Crippen molar-refractivity contribution < 1.29 is 14.3 Å². The molecule has 5 nitrogen and oxygen atoms in total. The first-order chi connectivity index (χ1) is 17.0. The van der Waals surface area contributed by atoms with Crippen molar-refractivity contribution in [2.45, 2.75) is 57.9 Å². The van der Waals surface area contributed by atoms with Crippen LogP contribution in [0.15, 0.2) is 46.9 Å². The monoisotopic (exact) mass is 540 g/mol. The Bertz CT molecular complexity index is 1140. The highest BCUT2D eigenvalue weighted by atomic mass is 79.9. The molecule has 3 aromatic rings. The Labute approximate surface area is 217 Å². The predicted octanol–water partition coefficient (Wildman–Crippen LogP) is 6.49. The van der Waals surface area contributed by atoms with Gasteiger partial charge in [0.25, 0.3) is 0 Å². The Morgan fingerprint density at radius 3 is 2.66 bits per heavy atom. The minimum absolute atomic E-state index is 0.285. The molecule has 1 aliphatic heterocycles. The summed E-state index contributed by atoms with van der Waals surface area (Å²) in [5, 5.41) is 1.25. The van der Waals surface area contributed by atoms with E-state index in [-0.39, 0.29) is 5.91 Å². The van der Waals surface area contributed by atoms with Crippen LogP contribution in [0.4, 0.5) is 0 Å². The summed E-state index contributed by atoms with van der Waals surface area (Å²) in [6.45, 7) is 5.54. The molecule has 188 valence electrons. The van der Waals surface area contributed by atoms with Gasteiger partial charge in [0.1, 0.15) is 5.75 Å². The summed E-state index contributed by atoms with van der Waals surface area (Å²) >= 11 is 3.48. The number of nitrogens with zero attached hydrogens (tertiary/aromatic N) is 2. The quantitative estimate of drug-likeness (QED) is 0.276. The van der Waals surface area contributed by atoms with Gasteiger partial charge in [-0.2, -0.15) is 0 Å². The molecule has 6 heteroatoms. The highest BCUT2D eigenvalue weighted by molar-refractivity contribution is 9.10. The van der Waals surface area contributed by atoms with Crippen LogP contribution in [0.25, 0.3) is 10.9 Å². The Morgan fingerprint density at radius 1 is 1.11 bits per heavy atom. The summed E-state index contributed by atoms with van der Waals surface area (Å²) in [6, 6.07) is 14.8. The minimum Gasteiger partial charge on any atom is -0.497 e. The Balaban J connectivity index is 1.49. The molecule has 1 amide bonds. The molecule has 0 N–H and O–H groups in total. The van der Waals surface area contributed by atoms with Crippen LogP contribution in [0.2, 0.25) is 0 Å². The lowest BCUT2D eigenvalue weighted by atomic mass is 9.91. The molecular formula is C29H37BrN2O3. The molecule has 2 heterocycles. The fourth-order valence-corrected chi connectivity index (χ4v) is 5.73. The van der Waals surface area contributed by atoms with Gasteiger partial charge in [0, 0.05) is 66.8 Å². The van der Waals surface area contributed by atoms with Crippen molar-refractivity contribution in [1.29, 1.82) is 0 Å². The zero-order valence-electron chi connectivity index (χ0n) is 21.2. The maximum absolute atomic E-state index is 13.1. The van der Waals surface area contributed by atoms with Crippen molar-refractivity contribution in [2.75, 3.05) is 33.9 Å². The van der Waals surface area contributed by atoms with E-state index in [4.69, 9.17) is 9.47 Å². The van der Waals surface area contributed by atoms with Crippen LogP contribution in [0.1, 0.15) is 54.8 Å². The molecule has 1 fully saturated rings. The van der Waals surface area contributed by atoms with Gasteiger partial charge in [-0.15, -0.1) is 0 Å². The van der Waals surface area contributed by atoms with Gasteiger partial charge in [-0.3, -0.25) is 4.79 Å². The molecule has 1 unspecified atom stereocenters. The van der Waals surface area contributed by atoms with Crippen LogP contribution in [-0.4, -0.2) is 49.3 Å². The lowest BCUT2D eigenvalue weighted by Crippen LogP contribution is -2.39. The molecule has 0 radical (unpaired) electrons. The summed E-state index contributed by atoms with van der Waals surface area (Å²) in [5.41, 5.74) is 5.21. The van der Waals surface area contributed by atoms with Gasteiger partial charge in [-0.25, -0.2) is 0 Å². The Morgan fingerprint density at radius 2 is 1.91 bits per heavy atom. The molecule has 35 heavy (non-hydrogen) atoms. The first-order valence-electron chi connectivity index (χ1n) is 12.7. The van der Waals surface area contributed by atoms with E-state index in [1.54, 1.807) is 14.2 Å². The van der Waals surface area contributed by atoms with Crippen LogP contribution >= 0.6 is 15.9 Å². The molecule has 4 rings (SSSR count). The van der Waals surface area contributed by atoms with Crippen LogP contribution in [-0.2, 0) is 22.5 Å². The maximum Gasteiger partial charge on any atom is 0.222 e. The number of halogens is 1. The van der Waals surface area contributed by atoms with E-state index < -0.39 is 0 Å². The van der Waals surface area contributed by atoms with Crippen LogP contribution in [0, 0.1) is 6.92 Å². The molecule has 0 spiro atoms. The van der Waals surface area contributed by atoms with Crippen molar-refractivity contribution >= 4 is 32.7 Å². The number of hydrogen-bond acceptors (Lipinski definition) is 3. The van der Waals surface area contributed by atoms with E-state index >= 15 is 0 Å². The van der Waals surface area contributed by atoms with Gasteiger partial charge >= 0.3 is 0 Å². The highest BCUT2D eigenvalue weighted by Crippen LogP contribution is 2.37. The van der Waals surface area contributed by atoms with Crippen molar-refractivity contribution in [1.82, 2.24) is 9.47 Å². The molecule has 2 aromatic carbocycles. The molecule has 0 aliphatic carbocycles. The number of aryl methyl sites for hydroxylation is 3. The largest absolute Gasteiger partial charge is 0.497 e. The third-order valence-electron chi connectivity index (χ3n) is 7.23. The van der Waals surface area contributed by atoms with Crippen molar-refractivity contribution in [3.63, 3.8) is 0 Å². The van der Waals surface area contributed by atoms with Gasteiger partial charge in [0.2, 0.25) is 5.91 Å². The van der Waals surface area contributed by atoms with Crippen LogP contribution < -0.4 is 4.74 Å². The zero-order chi connectivity index (χ0) is 24.8. The SMILES string of the molecule is COCCCn1c(C2CCCN(C(=O)CCCc3ccc(Br)cc3)C2)c(C)c2cc(OC)ccc21. The number of methoxy groups -OCH3 is 2. The van der Waals surface area contributed by atoms with E-state index in [9.17, 15) is 4.79 Å². The zero-order valence-corrected chi connectivity index (χ0v) is 22.8. The molecular weight excluding hydrogens is 504 g/mol. The molecule has 1 aliphatic rings. The predicted molar refractivity (Wildman–Crippen MR) is 145 cm³/mol. The lowest BCUT2D eigenvalue weighted by molar-refractivity contribution is -0.132. The second-order valence-corrected chi connectivity index (χ2v) is 10.5. The second-order valence-electron chi connectivity index (χ2n) is 9.55. The number of amides is 1. The smallest absolute Gasteiger partial charge is 0.222 e. The van der Waals surface area contributed by atoms with E-state index in [1.807, 2.05) is 6.07 Å². The number of benzene rings is 2. The van der Waals surface area contributed by atoms with Gasteiger partial charge in [0.05, 0.1) is 7.11 Å². The Hall–Kier alpha value is -2.31. The summed E-state index contributed by atoms with van der Waals surface area (Å²) in [7, 11) is 3.47. The topological polar surface area (TPSA) is 43.7 Å². The van der Waals surface area contributed by atoms with Crippen LogP contribution in [0.5, 0.6) is 5.75 Å². The first kappa shape index (κ1) is 25.8. The van der Waals surface area contributed by atoms with E-state index in [1.165, 1.54) is 27.7 Å². The van der Waals surface area contributed by atoms with E-state index in [0.717, 1.165) is 68.6 Å². The number of piperidine rings is 1. The average Bonchev–Trinajstić information content (AvgIpc) is 3.16. The summed E-state index contributed by atoms with van der Waals surface area (Å²) in [5.74, 6) is 1.51. The molecule has 0 saturated carbocycles. The lowest BCUT2D eigenvalue weighted by Gasteiger charge is -2.34. The van der Waals surface area contributed by atoms with Gasteiger partial charge < -0.3 is 18.9 Å². The normalized spacial score (nSPS) is 16.1. The fraction of sp³-hybridized carbons (Fsp3) is 0.483. The standard InChI is InChI=1S/C29H37BrN2O3/c1-21-26-19-25(35-3)14-15-27(26)32(17-6-18-34-2)29(21)23-8-5-16-31(20-23)28(33)9-4-7-22-10-12-24(30)13-11-22/h10-15,19,23H,4-9,16-18,20H2,1-3H3. The summed E-state index contributed by atoms with van der Waals surface area (Å²) in [6.07, 6.45) is 5.55. The molecule has 1 aromatic heterocycles. The van der Waals surface area contributed by atoms with Crippen molar-refractivity contribution in [3.05, 3.63) is 63.8 Å².